The Labute approximate surface area is 112 Å². The normalized spacial score (nSPS) is 10.4. The van der Waals surface area contributed by atoms with Crippen LogP contribution in [-0.2, 0) is 6.54 Å². The Morgan fingerprint density at radius 3 is 2.72 bits per heavy atom. The average Bonchev–Trinajstić information content (AvgIpc) is 2.41. The van der Waals surface area contributed by atoms with Crippen molar-refractivity contribution >= 4 is 11.6 Å². The van der Waals surface area contributed by atoms with Crippen LogP contribution in [0.5, 0.6) is 5.88 Å². The highest BCUT2D eigenvalue weighted by atomic mass is 35.5. The Kier molecular flexibility index (Phi) is 4.18. The van der Waals surface area contributed by atoms with Crippen molar-refractivity contribution in [3.05, 3.63) is 47.1 Å². The van der Waals surface area contributed by atoms with Crippen LogP contribution in [0.3, 0.4) is 0 Å². The van der Waals surface area contributed by atoms with Gasteiger partial charge >= 0.3 is 0 Å². The molecule has 0 spiro atoms. The molecular formula is C14H15ClN2O. The third-order valence-corrected chi connectivity index (χ3v) is 2.93. The van der Waals surface area contributed by atoms with Gasteiger partial charge in [0, 0.05) is 29.4 Å². The predicted molar refractivity (Wildman–Crippen MR) is 74.0 cm³/mol. The fraction of sp³-hybridized carbons (Fsp3) is 0.214. The lowest BCUT2D eigenvalue weighted by Gasteiger charge is -2.10. The molecule has 0 saturated carbocycles. The number of rotatable bonds is 4. The zero-order valence-corrected chi connectivity index (χ0v) is 11.2. The van der Waals surface area contributed by atoms with Gasteiger partial charge in [-0.3, -0.25) is 0 Å². The summed E-state index contributed by atoms with van der Waals surface area (Å²) in [6.45, 7) is 0.790. The van der Waals surface area contributed by atoms with Gasteiger partial charge in [0.1, 0.15) is 0 Å². The molecule has 4 heteroatoms. The van der Waals surface area contributed by atoms with Crippen molar-refractivity contribution in [2.24, 2.45) is 0 Å². The van der Waals surface area contributed by atoms with Crippen molar-refractivity contribution in [1.29, 1.82) is 0 Å². The van der Waals surface area contributed by atoms with Gasteiger partial charge in [-0.05, 0) is 36.4 Å². The summed E-state index contributed by atoms with van der Waals surface area (Å²) in [5.74, 6) is 0.607. The molecule has 1 aromatic carbocycles. The molecule has 0 unspecified atom stereocenters. The van der Waals surface area contributed by atoms with Gasteiger partial charge in [-0.1, -0.05) is 17.7 Å². The number of halogens is 1. The molecule has 0 saturated heterocycles. The second-order valence-corrected chi connectivity index (χ2v) is 4.36. The molecule has 0 radical (unpaired) electrons. The van der Waals surface area contributed by atoms with Crippen LogP contribution >= 0.6 is 11.6 Å². The molecule has 2 aromatic rings. The van der Waals surface area contributed by atoms with Crippen molar-refractivity contribution in [2.45, 2.75) is 6.54 Å². The number of pyridine rings is 1. The monoisotopic (exact) mass is 262 g/mol. The highest BCUT2D eigenvalue weighted by Gasteiger charge is 2.06. The Bertz CT molecular complexity index is 526. The number of hydrogen-bond acceptors (Lipinski definition) is 3. The van der Waals surface area contributed by atoms with Crippen LogP contribution in [0.25, 0.3) is 11.1 Å². The Morgan fingerprint density at radius 2 is 2.11 bits per heavy atom. The van der Waals surface area contributed by atoms with E-state index in [2.05, 4.69) is 10.3 Å². The van der Waals surface area contributed by atoms with Crippen molar-refractivity contribution in [1.82, 2.24) is 10.3 Å². The molecule has 94 valence electrons. The molecule has 0 fully saturated rings. The highest BCUT2D eigenvalue weighted by Crippen LogP contribution is 2.27. The summed E-state index contributed by atoms with van der Waals surface area (Å²) in [6, 6.07) is 9.71. The first-order valence-corrected chi connectivity index (χ1v) is 6.06. The van der Waals surface area contributed by atoms with Crippen LogP contribution in [0, 0.1) is 0 Å². The minimum atomic E-state index is 0.607. The fourth-order valence-corrected chi connectivity index (χ4v) is 1.99. The topological polar surface area (TPSA) is 34.1 Å². The number of hydrogen-bond donors (Lipinski definition) is 1. The molecule has 0 amide bonds. The van der Waals surface area contributed by atoms with Crippen molar-refractivity contribution < 1.29 is 4.74 Å². The summed E-state index contributed by atoms with van der Waals surface area (Å²) in [6.07, 6.45) is 1.80. The van der Waals surface area contributed by atoms with Crippen LogP contribution in [-0.4, -0.2) is 19.1 Å². The van der Waals surface area contributed by atoms with Gasteiger partial charge < -0.3 is 10.1 Å². The summed E-state index contributed by atoms with van der Waals surface area (Å²) in [4.78, 5) is 4.22. The van der Waals surface area contributed by atoms with Gasteiger partial charge in [0.15, 0.2) is 0 Å². The van der Waals surface area contributed by atoms with E-state index in [-0.39, 0.29) is 0 Å². The second kappa shape index (κ2) is 5.85. The van der Waals surface area contributed by atoms with Crippen LogP contribution in [0.15, 0.2) is 36.5 Å². The minimum absolute atomic E-state index is 0.607. The lowest BCUT2D eigenvalue weighted by Crippen LogP contribution is -2.06. The summed E-state index contributed by atoms with van der Waals surface area (Å²) < 4.78 is 5.06. The van der Waals surface area contributed by atoms with Crippen LogP contribution in [0.1, 0.15) is 5.56 Å². The summed E-state index contributed by atoms with van der Waals surface area (Å²) in [5.41, 5.74) is 3.31. The molecule has 1 N–H and O–H groups in total. The molecule has 3 nitrogen and oxygen atoms in total. The van der Waals surface area contributed by atoms with E-state index in [1.807, 2.05) is 37.4 Å². The molecule has 0 aliphatic carbocycles. The number of nitrogens with one attached hydrogen (secondary N) is 1. The Hall–Kier alpha value is -1.58. The molecule has 0 aliphatic rings. The second-order valence-electron chi connectivity index (χ2n) is 3.92. The lowest BCUT2D eigenvalue weighted by molar-refractivity contribution is 0.398. The molecular weight excluding hydrogens is 248 g/mol. The van der Waals surface area contributed by atoms with Gasteiger partial charge in [0.05, 0.1) is 7.11 Å². The summed E-state index contributed by atoms with van der Waals surface area (Å²) in [7, 11) is 3.53. The summed E-state index contributed by atoms with van der Waals surface area (Å²) in [5, 5.41) is 3.87. The number of ether oxygens (including phenoxy) is 1. The van der Waals surface area contributed by atoms with E-state index in [1.54, 1.807) is 13.3 Å². The fourth-order valence-electron chi connectivity index (χ4n) is 1.82. The molecule has 2 rings (SSSR count). The predicted octanol–water partition coefficient (Wildman–Crippen LogP) is 3.13. The van der Waals surface area contributed by atoms with Crippen LogP contribution in [0.4, 0.5) is 0 Å². The van der Waals surface area contributed by atoms with Crippen molar-refractivity contribution in [2.75, 3.05) is 14.2 Å². The van der Waals surface area contributed by atoms with E-state index in [1.165, 1.54) is 5.56 Å². The zero-order valence-electron chi connectivity index (χ0n) is 10.4. The van der Waals surface area contributed by atoms with E-state index < -0.39 is 0 Å². The molecule has 1 aromatic heterocycles. The largest absolute Gasteiger partial charge is 0.481 e. The smallest absolute Gasteiger partial charge is 0.212 e. The number of methoxy groups -OCH3 is 1. The minimum Gasteiger partial charge on any atom is -0.481 e. The molecule has 0 bridgehead atoms. The van der Waals surface area contributed by atoms with Gasteiger partial charge in [-0.2, -0.15) is 0 Å². The van der Waals surface area contributed by atoms with E-state index in [0.29, 0.717) is 5.88 Å². The van der Waals surface area contributed by atoms with Crippen LogP contribution < -0.4 is 10.1 Å². The maximum Gasteiger partial charge on any atom is 0.212 e. The first-order chi connectivity index (χ1) is 8.74. The quantitative estimate of drug-likeness (QED) is 0.919. The molecule has 1 heterocycles. The summed E-state index contributed by atoms with van der Waals surface area (Å²) >= 11 is 6.06. The van der Waals surface area contributed by atoms with Gasteiger partial charge in [-0.25, -0.2) is 4.98 Å². The maximum absolute atomic E-state index is 6.06. The van der Waals surface area contributed by atoms with Gasteiger partial charge in [-0.15, -0.1) is 0 Å². The first kappa shape index (κ1) is 12.9. The third-order valence-electron chi connectivity index (χ3n) is 2.70. The average molecular weight is 263 g/mol. The Balaban J connectivity index is 2.43. The molecule has 0 aliphatic heterocycles. The lowest BCUT2D eigenvalue weighted by atomic mass is 10.0. The van der Waals surface area contributed by atoms with E-state index >= 15 is 0 Å². The SMILES string of the molecule is CNCc1ccc(Cl)cc1-c1ccc(OC)nc1. The zero-order chi connectivity index (χ0) is 13.0. The Morgan fingerprint density at radius 1 is 1.28 bits per heavy atom. The third kappa shape index (κ3) is 2.81. The molecule has 18 heavy (non-hydrogen) atoms. The maximum atomic E-state index is 6.06. The van der Waals surface area contributed by atoms with Crippen LogP contribution in [0.2, 0.25) is 5.02 Å². The van der Waals surface area contributed by atoms with Gasteiger partial charge in [0.25, 0.3) is 0 Å². The number of aromatic nitrogens is 1. The van der Waals surface area contributed by atoms with E-state index in [0.717, 1.165) is 22.7 Å². The van der Waals surface area contributed by atoms with Gasteiger partial charge in [0.2, 0.25) is 5.88 Å². The number of benzene rings is 1. The van der Waals surface area contributed by atoms with E-state index in [4.69, 9.17) is 16.3 Å². The number of nitrogens with zero attached hydrogens (tertiary/aromatic N) is 1. The molecule has 0 atom stereocenters. The van der Waals surface area contributed by atoms with Crippen molar-refractivity contribution in [3.63, 3.8) is 0 Å². The van der Waals surface area contributed by atoms with E-state index in [9.17, 15) is 0 Å². The standard InChI is InChI=1S/C14H15ClN2O/c1-16-8-10-3-5-12(15)7-13(10)11-4-6-14(18-2)17-9-11/h3-7,9,16H,8H2,1-2H3. The van der Waals surface area contributed by atoms with Crippen molar-refractivity contribution in [3.8, 4) is 17.0 Å². The first-order valence-electron chi connectivity index (χ1n) is 5.68. The highest BCUT2D eigenvalue weighted by molar-refractivity contribution is 6.30.